The summed E-state index contributed by atoms with van der Waals surface area (Å²) in [5, 5.41) is 8.62. The Bertz CT molecular complexity index is 1390. The van der Waals surface area contributed by atoms with Crippen molar-refractivity contribution in [1.29, 1.82) is 0 Å². The summed E-state index contributed by atoms with van der Waals surface area (Å²) in [7, 11) is 0. The number of nitrogens with one attached hydrogen (secondary N) is 4. The molecule has 0 saturated carbocycles. The number of nitrogens with two attached hydrogens (primary N) is 1. The van der Waals surface area contributed by atoms with Crippen molar-refractivity contribution in [3.05, 3.63) is 71.9 Å². The average Bonchev–Trinajstić information content (AvgIpc) is 3.40. The highest BCUT2D eigenvalue weighted by atomic mass is 16.5. The van der Waals surface area contributed by atoms with Crippen LogP contribution in [0.2, 0.25) is 0 Å². The van der Waals surface area contributed by atoms with E-state index in [1.165, 1.54) is 0 Å². The quantitative estimate of drug-likeness (QED) is 0.170. The normalized spacial score (nSPS) is 13.9. The summed E-state index contributed by atoms with van der Waals surface area (Å²) in [6.07, 6.45) is 0.0120. The molecule has 43 heavy (non-hydrogen) atoms. The van der Waals surface area contributed by atoms with Gasteiger partial charge in [-0.1, -0.05) is 82.6 Å². The maximum Gasteiger partial charge on any atom is 0.408 e. The number of hydrogen-bond donors (Lipinski definition) is 5. The SMILES string of the molecule is CC[C@H](C)C(NC(=O)[C@H](CC(C)C)NC(=O)OCc1ccccc1)C(=O)C(=O)N[C@@H](Cc1cc2ccccc2[nH]1)C(N)=O. The van der Waals surface area contributed by atoms with E-state index in [1.54, 1.807) is 6.92 Å². The Hall–Kier alpha value is -4.67. The Labute approximate surface area is 251 Å². The van der Waals surface area contributed by atoms with E-state index in [0.29, 0.717) is 12.1 Å². The molecule has 11 nitrogen and oxygen atoms in total. The summed E-state index contributed by atoms with van der Waals surface area (Å²) in [4.78, 5) is 67.7. The molecule has 1 heterocycles. The Morgan fingerprint density at radius 3 is 2.19 bits per heavy atom. The number of amides is 4. The first-order valence-electron chi connectivity index (χ1n) is 14.5. The number of ether oxygens (including phenoxy) is 1. The highest BCUT2D eigenvalue weighted by molar-refractivity contribution is 6.39. The van der Waals surface area contributed by atoms with Crippen LogP contribution in [0.25, 0.3) is 10.9 Å². The van der Waals surface area contributed by atoms with Crippen LogP contribution in [-0.2, 0) is 36.9 Å². The number of primary amides is 1. The lowest BCUT2D eigenvalue weighted by Gasteiger charge is -2.27. The van der Waals surface area contributed by atoms with Crippen LogP contribution in [0.3, 0.4) is 0 Å². The van der Waals surface area contributed by atoms with Gasteiger partial charge in [-0.3, -0.25) is 19.2 Å². The van der Waals surface area contributed by atoms with Crippen LogP contribution in [-0.4, -0.2) is 52.7 Å². The van der Waals surface area contributed by atoms with Gasteiger partial charge in [-0.15, -0.1) is 0 Å². The lowest BCUT2D eigenvalue weighted by Crippen LogP contribution is -2.57. The van der Waals surface area contributed by atoms with Crippen molar-refractivity contribution in [2.75, 3.05) is 0 Å². The van der Waals surface area contributed by atoms with Gasteiger partial charge in [-0.2, -0.15) is 0 Å². The number of carbonyl (C=O) groups is 5. The molecule has 0 radical (unpaired) electrons. The van der Waals surface area contributed by atoms with Gasteiger partial charge < -0.3 is 31.4 Å². The molecular weight excluding hydrogens is 550 g/mol. The molecule has 0 saturated heterocycles. The molecule has 0 aliphatic rings. The predicted molar refractivity (Wildman–Crippen MR) is 163 cm³/mol. The summed E-state index contributed by atoms with van der Waals surface area (Å²) in [5.41, 5.74) is 7.87. The largest absolute Gasteiger partial charge is 0.445 e. The summed E-state index contributed by atoms with van der Waals surface area (Å²) >= 11 is 0. The molecule has 0 aliphatic heterocycles. The van der Waals surface area contributed by atoms with Crippen molar-refractivity contribution >= 4 is 40.5 Å². The maximum atomic E-state index is 13.4. The first-order valence-corrected chi connectivity index (χ1v) is 14.5. The van der Waals surface area contributed by atoms with Crippen molar-refractivity contribution < 1.29 is 28.7 Å². The molecule has 1 aromatic heterocycles. The number of carbonyl (C=O) groups excluding carboxylic acids is 5. The average molecular weight is 592 g/mol. The second-order valence-electron chi connectivity index (χ2n) is 11.1. The zero-order valence-electron chi connectivity index (χ0n) is 25.0. The molecule has 0 aliphatic carbocycles. The number of hydrogen-bond acceptors (Lipinski definition) is 6. The van der Waals surface area contributed by atoms with E-state index in [9.17, 15) is 24.0 Å². The van der Waals surface area contributed by atoms with Gasteiger partial charge in [0, 0.05) is 17.6 Å². The number of fused-ring (bicyclic) bond motifs is 1. The molecule has 2 aromatic carbocycles. The number of benzene rings is 2. The maximum absolute atomic E-state index is 13.4. The molecular formula is C32H41N5O6. The van der Waals surface area contributed by atoms with Crippen molar-refractivity contribution in [3.8, 4) is 0 Å². The fourth-order valence-electron chi connectivity index (χ4n) is 4.62. The monoisotopic (exact) mass is 591 g/mol. The number of ketones is 1. The molecule has 0 fully saturated rings. The Morgan fingerprint density at radius 2 is 1.56 bits per heavy atom. The number of Topliss-reactive ketones (excluding diaryl/α,β-unsaturated/α-hetero) is 1. The van der Waals surface area contributed by atoms with Gasteiger partial charge in [-0.05, 0) is 41.3 Å². The number of H-pyrrole nitrogens is 1. The van der Waals surface area contributed by atoms with Gasteiger partial charge in [0.2, 0.25) is 17.6 Å². The Morgan fingerprint density at radius 1 is 0.884 bits per heavy atom. The number of aromatic nitrogens is 1. The van der Waals surface area contributed by atoms with Crippen LogP contribution in [0, 0.1) is 11.8 Å². The van der Waals surface area contributed by atoms with Gasteiger partial charge in [0.25, 0.3) is 5.91 Å². The van der Waals surface area contributed by atoms with Crippen LogP contribution in [0.15, 0.2) is 60.7 Å². The second-order valence-corrected chi connectivity index (χ2v) is 11.1. The van der Waals surface area contributed by atoms with E-state index in [1.807, 2.05) is 81.4 Å². The minimum absolute atomic E-state index is 0.0205. The molecule has 3 aromatic rings. The minimum atomic E-state index is -1.20. The molecule has 230 valence electrons. The minimum Gasteiger partial charge on any atom is -0.445 e. The topological polar surface area (TPSA) is 172 Å². The van der Waals surface area contributed by atoms with Crippen LogP contribution < -0.4 is 21.7 Å². The zero-order chi connectivity index (χ0) is 31.5. The first kappa shape index (κ1) is 32.8. The highest BCUT2D eigenvalue weighted by Gasteiger charge is 2.35. The molecule has 0 spiro atoms. The Balaban J connectivity index is 1.68. The Kier molecular flexibility index (Phi) is 11.9. The lowest BCUT2D eigenvalue weighted by atomic mass is 9.93. The summed E-state index contributed by atoms with van der Waals surface area (Å²) in [6.45, 7) is 7.35. The van der Waals surface area contributed by atoms with E-state index in [0.717, 1.165) is 16.5 Å². The molecule has 11 heteroatoms. The fraction of sp³-hybridized carbons (Fsp3) is 0.406. The molecule has 3 rings (SSSR count). The molecule has 0 bridgehead atoms. The summed E-state index contributed by atoms with van der Waals surface area (Å²) in [5.74, 6) is -3.79. The van der Waals surface area contributed by atoms with Gasteiger partial charge in [0.05, 0.1) is 6.04 Å². The second kappa shape index (κ2) is 15.5. The van der Waals surface area contributed by atoms with E-state index < -0.39 is 53.6 Å². The number of aromatic amines is 1. The number of rotatable bonds is 15. The third-order valence-electron chi connectivity index (χ3n) is 7.20. The van der Waals surface area contributed by atoms with Gasteiger partial charge in [-0.25, -0.2) is 4.79 Å². The van der Waals surface area contributed by atoms with Crippen LogP contribution >= 0.6 is 0 Å². The first-order chi connectivity index (χ1) is 20.5. The lowest BCUT2D eigenvalue weighted by molar-refractivity contribution is -0.142. The predicted octanol–water partition coefficient (Wildman–Crippen LogP) is 3.12. The number of alkyl carbamates (subject to hydrolysis) is 1. The fourth-order valence-corrected chi connectivity index (χ4v) is 4.62. The summed E-state index contributed by atoms with van der Waals surface area (Å²) in [6, 6.07) is 15.1. The molecule has 1 unspecified atom stereocenters. The van der Waals surface area contributed by atoms with Crippen molar-refractivity contribution in [3.63, 3.8) is 0 Å². The van der Waals surface area contributed by atoms with E-state index in [4.69, 9.17) is 10.5 Å². The van der Waals surface area contributed by atoms with Crippen LogP contribution in [0.5, 0.6) is 0 Å². The number of para-hydroxylation sites is 1. The third kappa shape index (κ3) is 9.69. The van der Waals surface area contributed by atoms with E-state index in [2.05, 4.69) is 20.9 Å². The van der Waals surface area contributed by atoms with Crippen LogP contribution in [0.1, 0.15) is 51.8 Å². The summed E-state index contributed by atoms with van der Waals surface area (Å²) < 4.78 is 5.28. The van der Waals surface area contributed by atoms with Gasteiger partial charge in [0.1, 0.15) is 18.7 Å². The van der Waals surface area contributed by atoms with Gasteiger partial charge in [0.15, 0.2) is 0 Å². The van der Waals surface area contributed by atoms with Gasteiger partial charge >= 0.3 is 6.09 Å². The molecule has 6 N–H and O–H groups in total. The van der Waals surface area contributed by atoms with E-state index >= 15 is 0 Å². The zero-order valence-corrected chi connectivity index (χ0v) is 25.0. The third-order valence-corrected chi connectivity index (χ3v) is 7.20. The van der Waals surface area contributed by atoms with Crippen molar-refractivity contribution in [2.45, 2.75) is 71.7 Å². The van der Waals surface area contributed by atoms with E-state index in [-0.39, 0.29) is 25.4 Å². The molecule has 4 amide bonds. The highest BCUT2D eigenvalue weighted by Crippen LogP contribution is 2.16. The molecule has 4 atom stereocenters. The standard InChI is InChI=1S/C32H41N5O6/c1-5-20(4)27(37-30(40)26(15-19(2)3)36-32(42)43-18-21-11-7-6-8-12-21)28(38)31(41)35-25(29(33)39)17-23-16-22-13-9-10-14-24(22)34-23/h6-14,16,19-20,25-27,34H,5,15,17-18H2,1-4H3,(H2,33,39)(H,35,41)(H,36,42)(H,37,40)/t20-,25-,26-,27?/m0/s1. The van der Waals surface area contributed by atoms with Crippen LogP contribution in [0.4, 0.5) is 4.79 Å². The smallest absolute Gasteiger partial charge is 0.408 e. The van der Waals surface area contributed by atoms with Crippen molar-refractivity contribution in [1.82, 2.24) is 20.9 Å². The van der Waals surface area contributed by atoms with Crippen molar-refractivity contribution in [2.24, 2.45) is 17.6 Å².